The van der Waals surface area contributed by atoms with Crippen LogP contribution >= 0.6 is 0 Å². The van der Waals surface area contributed by atoms with Gasteiger partial charge >= 0.3 is 0 Å². The Morgan fingerprint density at radius 1 is 1.24 bits per heavy atom. The van der Waals surface area contributed by atoms with E-state index in [2.05, 4.69) is 17.1 Å². The van der Waals surface area contributed by atoms with Crippen molar-refractivity contribution in [2.24, 2.45) is 5.92 Å². The van der Waals surface area contributed by atoms with E-state index in [9.17, 15) is 5.11 Å². The highest BCUT2D eigenvalue weighted by Crippen LogP contribution is 2.38. The van der Waals surface area contributed by atoms with Crippen LogP contribution in [0.15, 0.2) is 0 Å². The van der Waals surface area contributed by atoms with Crippen LogP contribution in [0.2, 0.25) is 0 Å². The summed E-state index contributed by atoms with van der Waals surface area (Å²) >= 11 is 0. The number of hydrogen-bond acceptors (Lipinski definition) is 3. The van der Waals surface area contributed by atoms with Crippen LogP contribution in [0.4, 0.5) is 0 Å². The molecule has 2 N–H and O–H groups in total. The first-order valence-electron chi connectivity index (χ1n) is 7.37. The van der Waals surface area contributed by atoms with Gasteiger partial charge in [0.25, 0.3) is 0 Å². The second kappa shape index (κ2) is 6.17. The van der Waals surface area contributed by atoms with Gasteiger partial charge in [-0.15, -0.1) is 0 Å². The molecule has 1 saturated carbocycles. The summed E-state index contributed by atoms with van der Waals surface area (Å²) in [5, 5.41) is 13.2. The van der Waals surface area contributed by atoms with E-state index in [4.69, 9.17) is 0 Å². The molecule has 0 aromatic carbocycles. The standard InChI is InChI=1S/C14H28N2O/c1-2-3-13-4-6-14(12-17,7-5-13)16-10-8-15-9-11-16/h13,15,17H,2-12H2,1H3. The van der Waals surface area contributed by atoms with Gasteiger partial charge in [0.05, 0.1) is 6.61 Å². The fourth-order valence-electron chi connectivity index (χ4n) is 3.63. The van der Waals surface area contributed by atoms with E-state index < -0.39 is 0 Å². The molecule has 0 aromatic heterocycles. The van der Waals surface area contributed by atoms with Gasteiger partial charge in [-0.1, -0.05) is 19.8 Å². The highest BCUT2D eigenvalue weighted by atomic mass is 16.3. The lowest BCUT2D eigenvalue weighted by molar-refractivity contribution is -0.0169. The Kier molecular flexibility index (Phi) is 4.83. The van der Waals surface area contributed by atoms with Crippen LogP contribution in [-0.2, 0) is 0 Å². The van der Waals surface area contributed by atoms with Gasteiger partial charge in [0, 0.05) is 31.7 Å². The number of rotatable bonds is 4. The van der Waals surface area contributed by atoms with Gasteiger partial charge in [-0.2, -0.15) is 0 Å². The number of aliphatic hydroxyl groups is 1. The molecule has 0 atom stereocenters. The fourth-order valence-corrected chi connectivity index (χ4v) is 3.63. The number of nitrogens with zero attached hydrogens (tertiary/aromatic N) is 1. The molecule has 0 bridgehead atoms. The van der Waals surface area contributed by atoms with E-state index in [0.717, 1.165) is 32.1 Å². The van der Waals surface area contributed by atoms with Crippen molar-refractivity contribution < 1.29 is 5.11 Å². The van der Waals surface area contributed by atoms with E-state index in [0.29, 0.717) is 6.61 Å². The van der Waals surface area contributed by atoms with Crippen molar-refractivity contribution in [3.63, 3.8) is 0 Å². The summed E-state index contributed by atoms with van der Waals surface area (Å²) < 4.78 is 0. The summed E-state index contributed by atoms with van der Waals surface area (Å²) in [4.78, 5) is 2.55. The van der Waals surface area contributed by atoms with Gasteiger partial charge < -0.3 is 10.4 Å². The van der Waals surface area contributed by atoms with E-state index in [1.165, 1.54) is 38.5 Å². The van der Waals surface area contributed by atoms with Crippen LogP contribution in [0.25, 0.3) is 0 Å². The maximum absolute atomic E-state index is 9.85. The third-order valence-corrected chi connectivity index (χ3v) is 4.81. The average Bonchev–Trinajstić information content (AvgIpc) is 2.41. The predicted molar refractivity (Wildman–Crippen MR) is 71.1 cm³/mol. The zero-order chi connectivity index (χ0) is 12.1. The smallest absolute Gasteiger partial charge is 0.0615 e. The molecule has 2 fully saturated rings. The first-order valence-corrected chi connectivity index (χ1v) is 7.37. The number of nitrogens with one attached hydrogen (secondary N) is 1. The minimum atomic E-state index is 0.117. The summed E-state index contributed by atoms with van der Waals surface area (Å²) in [6.07, 6.45) is 7.73. The van der Waals surface area contributed by atoms with Crippen LogP contribution in [0.5, 0.6) is 0 Å². The number of piperazine rings is 1. The Labute approximate surface area is 106 Å². The molecular weight excluding hydrogens is 212 g/mol. The molecule has 2 aliphatic rings. The molecule has 0 amide bonds. The summed E-state index contributed by atoms with van der Waals surface area (Å²) in [6, 6.07) is 0. The molecule has 2 rings (SSSR count). The molecule has 1 aliphatic carbocycles. The van der Waals surface area contributed by atoms with E-state index in [-0.39, 0.29) is 5.54 Å². The van der Waals surface area contributed by atoms with E-state index >= 15 is 0 Å². The van der Waals surface area contributed by atoms with Crippen molar-refractivity contribution >= 4 is 0 Å². The molecule has 1 aliphatic heterocycles. The van der Waals surface area contributed by atoms with Gasteiger partial charge in [0.1, 0.15) is 0 Å². The van der Waals surface area contributed by atoms with Gasteiger partial charge in [-0.05, 0) is 31.6 Å². The molecular formula is C14H28N2O. The molecule has 0 radical (unpaired) electrons. The first kappa shape index (κ1) is 13.3. The lowest BCUT2D eigenvalue weighted by Crippen LogP contribution is -2.59. The summed E-state index contributed by atoms with van der Waals surface area (Å²) in [6.45, 7) is 7.02. The van der Waals surface area contributed by atoms with Crippen LogP contribution in [-0.4, -0.2) is 48.3 Å². The molecule has 3 heteroatoms. The molecule has 0 aromatic rings. The zero-order valence-corrected chi connectivity index (χ0v) is 11.2. The van der Waals surface area contributed by atoms with Crippen molar-refractivity contribution in [2.75, 3.05) is 32.8 Å². The maximum atomic E-state index is 9.85. The second-order valence-electron chi connectivity index (χ2n) is 5.85. The molecule has 3 nitrogen and oxygen atoms in total. The lowest BCUT2D eigenvalue weighted by Gasteiger charge is -2.48. The highest BCUT2D eigenvalue weighted by Gasteiger charge is 2.39. The summed E-state index contributed by atoms with van der Waals surface area (Å²) in [5.74, 6) is 0.919. The van der Waals surface area contributed by atoms with Crippen molar-refractivity contribution in [1.82, 2.24) is 10.2 Å². The topological polar surface area (TPSA) is 35.5 Å². The summed E-state index contributed by atoms with van der Waals surface area (Å²) in [5.41, 5.74) is 0.117. The Balaban J connectivity index is 1.92. The van der Waals surface area contributed by atoms with Crippen molar-refractivity contribution in [1.29, 1.82) is 0 Å². The minimum absolute atomic E-state index is 0.117. The predicted octanol–water partition coefficient (Wildman–Crippen LogP) is 1.61. The molecule has 0 unspecified atom stereocenters. The van der Waals surface area contributed by atoms with E-state index in [1.807, 2.05) is 0 Å². The SMILES string of the molecule is CCCC1CCC(CO)(N2CCNCC2)CC1. The summed E-state index contributed by atoms with van der Waals surface area (Å²) in [7, 11) is 0. The lowest BCUT2D eigenvalue weighted by atomic mass is 9.74. The molecule has 100 valence electrons. The molecule has 1 heterocycles. The van der Waals surface area contributed by atoms with Crippen LogP contribution in [0, 0.1) is 5.92 Å². The fraction of sp³-hybridized carbons (Fsp3) is 1.00. The Morgan fingerprint density at radius 3 is 2.41 bits per heavy atom. The van der Waals surface area contributed by atoms with Crippen LogP contribution in [0.1, 0.15) is 45.4 Å². The van der Waals surface area contributed by atoms with Gasteiger partial charge in [-0.25, -0.2) is 0 Å². The van der Waals surface area contributed by atoms with Crippen LogP contribution < -0.4 is 5.32 Å². The third kappa shape index (κ3) is 3.01. The van der Waals surface area contributed by atoms with Crippen molar-refractivity contribution in [3.8, 4) is 0 Å². The quantitative estimate of drug-likeness (QED) is 0.784. The number of aliphatic hydroxyl groups excluding tert-OH is 1. The maximum Gasteiger partial charge on any atom is 0.0615 e. The average molecular weight is 240 g/mol. The van der Waals surface area contributed by atoms with Crippen LogP contribution in [0.3, 0.4) is 0 Å². The Hall–Kier alpha value is -0.120. The monoisotopic (exact) mass is 240 g/mol. The second-order valence-corrected chi connectivity index (χ2v) is 5.85. The highest BCUT2D eigenvalue weighted by molar-refractivity contribution is 4.96. The Morgan fingerprint density at radius 2 is 1.88 bits per heavy atom. The normalized spacial score (nSPS) is 36.0. The molecule has 1 saturated heterocycles. The Bertz CT molecular complexity index is 218. The number of hydrogen-bond donors (Lipinski definition) is 2. The van der Waals surface area contributed by atoms with Crippen molar-refractivity contribution in [3.05, 3.63) is 0 Å². The largest absolute Gasteiger partial charge is 0.394 e. The minimum Gasteiger partial charge on any atom is -0.394 e. The van der Waals surface area contributed by atoms with Gasteiger partial charge in [-0.3, -0.25) is 4.90 Å². The third-order valence-electron chi connectivity index (χ3n) is 4.81. The van der Waals surface area contributed by atoms with Crippen molar-refractivity contribution in [2.45, 2.75) is 51.0 Å². The van der Waals surface area contributed by atoms with Gasteiger partial charge in [0.15, 0.2) is 0 Å². The van der Waals surface area contributed by atoms with E-state index in [1.54, 1.807) is 0 Å². The van der Waals surface area contributed by atoms with Gasteiger partial charge in [0.2, 0.25) is 0 Å². The first-order chi connectivity index (χ1) is 8.30. The molecule has 0 spiro atoms. The zero-order valence-electron chi connectivity index (χ0n) is 11.2. The molecule has 17 heavy (non-hydrogen) atoms.